The Morgan fingerprint density at radius 1 is 1.48 bits per heavy atom. The summed E-state index contributed by atoms with van der Waals surface area (Å²) >= 11 is 0. The first-order chi connectivity index (χ1) is 10.7. The van der Waals surface area contributed by atoms with Crippen LogP contribution in [0, 0.1) is 25.7 Å². The van der Waals surface area contributed by atoms with E-state index >= 15 is 0 Å². The van der Waals surface area contributed by atoms with Gasteiger partial charge >= 0.3 is 0 Å². The molecule has 0 saturated carbocycles. The van der Waals surface area contributed by atoms with Crippen LogP contribution in [0.1, 0.15) is 37.2 Å². The van der Waals surface area contributed by atoms with Crippen molar-refractivity contribution in [2.45, 2.75) is 40.7 Å². The van der Waals surface area contributed by atoms with E-state index in [0.29, 0.717) is 12.3 Å². The van der Waals surface area contributed by atoms with Gasteiger partial charge in [-0.2, -0.15) is 5.10 Å². The third kappa shape index (κ3) is 4.43. The smallest absolute Gasteiger partial charge is 0.244 e. The third-order valence-corrected chi connectivity index (χ3v) is 5.91. The lowest BCUT2D eigenvalue weighted by Gasteiger charge is -2.11. The average molecular weight is 339 g/mol. The molecule has 0 radical (unpaired) electrons. The van der Waals surface area contributed by atoms with Crippen LogP contribution in [0.15, 0.2) is 11.2 Å². The number of hydrogen-bond acceptors (Lipinski definition) is 4. The van der Waals surface area contributed by atoms with E-state index < -0.39 is 15.8 Å². The van der Waals surface area contributed by atoms with Gasteiger partial charge in [0.2, 0.25) is 5.91 Å². The summed E-state index contributed by atoms with van der Waals surface area (Å²) in [5.74, 6) is -0.236. The van der Waals surface area contributed by atoms with Crippen molar-refractivity contribution in [3.05, 3.63) is 23.0 Å². The highest BCUT2D eigenvalue weighted by Gasteiger charge is 2.32. The zero-order chi connectivity index (χ0) is 17.2. The van der Waals surface area contributed by atoms with Crippen LogP contribution in [-0.2, 0) is 21.2 Å². The molecular weight excluding hydrogens is 314 g/mol. The van der Waals surface area contributed by atoms with Crippen LogP contribution in [0.5, 0.6) is 0 Å². The van der Waals surface area contributed by atoms with Crippen LogP contribution in [0.3, 0.4) is 0 Å². The van der Waals surface area contributed by atoms with E-state index in [1.165, 1.54) is 0 Å². The van der Waals surface area contributed by atoms with Gasteiger partial charge in [-0.3, -0.25) is 4.79 Å². The highest BCUT2D eigenvalue weighted by Crippen LogP contribution is 2.18. The molecule has 0 aliphatic carbocycles. The second kappa shape index (κ2) is 6.86. The van der Waals surface area contributed by atoms with Gasteiger partial charge < -0.3 is 4.57 Å². The Bertz CT molecular complexity index is 717. The van der Waals surface area contributed by atoms with E-state index in [1.807, 2.05) is 13.0 Å². The molecule has 0 bridgehead atoms. The number of nitrogens with one attached hydrogen (secondary N) is 1. The van der Waals surface area contributed by atoms with Gasteiger partial charge in [-0.15, -0.1) is 0 Å². The van der Waals surface area contributed by atoms with E-state index in [-0.39, 0.29) is 17.4 Å². The molecule has 1 atom stereocenters. The highest BCUT2D eigenvalue weighted by atomic mass is 32.2. The Morgan fingerprint density at radius 3 is 2.74 bits per heavy atom. The number of aromatic nitrogens is 1. The maximum atomic E-state index is 11.9. The molecule has 1 N–H and O–H groups in total. The molecule has 7 heteroatoms. The summed E-state index contributed by atoms with van der Waals surface area (Å²) in [6, 6.07) is 2.04. The van der Waals surface area contributed by atoms with Crippen molar-refractivity contribution < 1.29 is 13.2 Å². The zero-order valence-electron chi connectivity index (χ0n) is 14.2. The molecule has 0 aromatic carbocycles. The van der Waals surface area contributed by atoms with E-state index in [0.717, 1.165) is 23.5 Å². The van der Waals surface area contributed by atoms with Crippen molar-refractivity contribution in [3.8, 4) is 0 Å². The molecule has 0 spiro atoms. The first-order valence-corrected chi connectivity index (χ1v) is 9.72. The monoisotopic (exact) mass is 339 g/mol. The molecule has 1 aromatic heterocycles. The van der Waals surface area contributed by atoms with Gasteiger partial charge in [0.25, 0.3) is 0 Å². The molecule has 1 amide bonds. The summed E-state index contributed by atoms with van der Waals surface area (Å²) < 4.78 is 25.0. The number of hydrogen-bond donors (Lipinski definition) is 1. The Hall–Kier alpha value is -1.63. The van der Waals surface area contributed by atoms with E-state index in [4.69, 9.17) is 0 Å². The Labute approximate surface area is 137 Å². The quantitative estimate of drug-likeness (QED) is 0.654. The van der Waals surface area contributed by atoms with Crippen LogP contribution in [0.25, 0.3) is 0 Å². The van der Waals surface area contributed by atoms with E-state index in [9.17, 15) is 13.2 Å². The molecule has 2 rings (SSSR count). The topological polar surface area (TPSA) is 80.5 Å². The number of sulfone groups is 1. The summed E-state index contributed by atoms with van der Waals surface area (Å²) in [6.45, 7) is 9.36. The summed E-state index contributed by atoms with van der Waals surface area (Å²) in [6.07, 6.45) is 2.01. The highest BCUT2D eigenvalue weighted by molar-refractivity contribution is 7.91. The van der Waals surface area contributed by atoms with Crippen molar-refractivity contribution in [1.29, 1.82) is 0 Å². The van der Waals surface area contributed by atoms with Crippen molar-refractivity contribution in [2.75, 3.05) is 11.5 Å². The minimum absolute atomic E-state index is 0.0722. The number of rotatable bonds is 5. The predicted molar refractivity (Wildman–Crippen MR) is 91.2 cm³/mol. The lowest BCUT2D eigenvalue weighted by atomic mass is 10.1. The third-order valence-electron chi connectivity index (χ3n) is 4.14. The van der Waals surface area contributed by atoms with E-state index in [2.05, 4.69) is 35.9 Å². The number of aryl methyl sites for hydroxylation is 1. The van der Waals surface area contributed by atoms with Gasteiger partial charge in [0.05, 0.1) is 23.6 Å². The maximum Gasteiger partial charge on any atom is 0.244 e. The van der Waals surface area contributed by atoms with Crippen LogP contribution in [-0.4, -0.2) is 36.6 Å². The van der Waals surface area contributed by atoms with Crippen molar-refractivity contribution in [2.24, 2.45) is 16.9 Å². The van der Waals surface area contributed by atoms with Gasteiger partial charge in [0.1, 0.15) is 0 Å². The Morgan fingerprint density at radius 2 is 2.17 bits per heavy atom. The summed E-state index contributed by atoms with van der Waals surface area (Å²) in [5.41, 5.74) is 5.69. The first kappa shape index (κ1) is 17.7. The maximum absolute atomic E-state index is 11.9. The van der Waals surface area contributed by atoms with Gasteiger partial charge in [-0.1, -0.05) is 13.8 Å². The predicted octanol–water partition coefficient (Wildman–Crippen LogP) is 1.65. The molecule has 1 saturated heterocycles. The molecule has 0 unspecified atom stereocenters. The number of amides is 1. The summed E-state index contributed by atoms with van der Waals surface area (Å²) in [5, 5.41) is 4.00. The normalized spacial score (nSPS) is 20.5. The lowest BCUT2D eigenvalue weighted by molar-refractivity contribution is -0.124. The fraction of sp³-hybridized carbons (Fsp3) is 0.625. The van der Waals surface area contributed by atoms with E-state index in [1.54, 1.807) is 6.21 Å². The minimum atomic E-state index is -3.05. The zero-order valence-corrected chi connectivity index (χ0v) is 15.0. The number of nitrogens with zero attached hydrogens (tertiary/aromatic N) is 2. The van der Waals surface area contributed by atoms with Gasteiger partial charge in [0, 0.05) is 23.5 Å². The van der Waals surface area contributed by atoms with Crippen LogP contribution in [0.2, 0.25) is 0 Å². The Balaban J connectivity index is 2.00. The minimum Gasteiger partial charge on any atom is -0.348 e. The summed E-state index contributed by atoms with van der Waals surface area (Å²) in [7, 11) is -3.05. The standard InChI is InChI=1S/C16H25N3O3S/c1-11(2)9-19-12(3)7-15(13(19)4)8-17-18-16(20)14-5-6-23(21,22)10-14/h7-8,11,14H,5-6,9-10H2,1-4H3,(H,18,20)/b17-8-/t14-/m1/s1. The number of carbonyl (C=O) groups is 1. The first-order valence-electron chi connectivity index (χ1n) is 7.89. The molecule has 1 aliphatic rings. The molecule has 1 aliphatic heterocycles. The molecule has 1 aromatic rings. The van der Waals surface area contributed by atoms with Gasteiger partial charge in [0.15, 0.2) is 9.84 Å². The largest absolute Gasteiger partial charge is 0.348 e. The van der Waals surface area contributed by atoms with Crippen LogP contribution >= 0.6 is 0 Å². The fourth-order valence-electron chi connectivity index (χ4n) is 2.86. The second-order valence-corrected chi connectivity index (χ2v) is 8.89. The molecule has 128 valence electrons. The molecule has 23 heavy (non-hydrogen) atoms. The molecule has 6 nitrogen and oxygen atoms in total. The summed E-state index contributed by atoms with van der Waals surface area (Å²) in [4.78, 5) is 11.9. The number of carbonyl (C=O) groups excluding carboxylic acids is 1. The number of hydrazone groups is 1. The van der Waals surface area contributed by atoms with Gasteiger partial charge in [-0.25, -0.2) is 13.8 Å². The van der Waals surface area contributed by atoms with Crippen molar-refractivity contribution in [3.63, 3.8) is 0 Å². The van der Waals surface area contributed by atoms with Gasteiger partial charge in [-0.05, 0) is 32.3 Å². The lowest BCUT2D eigenvalue weighted by Crippen LogP contribution is -2.27. The molecule has 1 fully saturated rings. The SMILES string of the molecule is Cc1cc(/C=N\NC(=O)[C@@H]2CCS(=O)(=O)C2)c(C)n1CC(C)C. The Kier molecular flexibility index (Phi) is 5.29. The fourth-order valence-corrected chi connectivity index (χ4v) is 4.60. The average Bonchev–Trinajstić information content (AvgIpc) is 2.93. The van der Waals surface area contributed by atoms with Crippen molar-refractivity contribution >= 4 is 22.0 Å². The second-order valence-electron chi connectivity index (χ2n) is 6.67. The molecule has 2 heterocycles. The van der Waals surface area contributed by atoms with Crippen LogP contribution in [0.4, 0.5) is 0 Å². The van der Waals surface area contributed by atoms with Crippen LogP contribution < -0.4 is 5.43 Å². The molecular formula is C16H25N3O3S. The van der Waals surface area contributed by atoms with Crippen molar-refractivity contribution in [1.82, 2.24) is 9.99 Å².